The molecule has 0 saturated carbocycles. The molecule has 16 heavy (non-hydrogen) atoms. The summed E-state index contributed by atoms with van der Waals surface area (Å²) in [5.74, 6) is 0.398. The molecule has 1 unspecified atom stereocenters. The van der Waals surface area contributed by atoms with E-state index in [1.54, 1.807) is 0 Å². The first kappa shape index (κ1) is 12.7. The smallest absolute Gasteiger partial charge is 0.0991 e. The molecule has 0 amide bonds. The number of aliphatic hydroxyl groups is 1. The predicted octanol–water partition coefficient (Wildman–Crippen LogP) is 3.07. The van der Waals surface area contributed by atoms with Crippen molar-refractivity contribution in [1.29, 1.82) is 5.26 Å². The minimum absolute atomic E-state index is 0.0483. The van der Waals surface area contributed by atoms with E-state index in [0.29, 0.717) is 11.5 Å². The van der Waals surface area contributed by atoms with Crippen LogP contribution >= 0.6 is 0 Å². The normalized spacial score (nSPS) is 13.2. The third kappa shape index (κ3) is 3.36. The first-order valence-corrected chi connectivity index (χ1v) is 5.59. The van der Waals surface area contributed by atoms with Crippen LogP contribution in [0.3, 0.4) is 0 Å². The van der Waals surface area contributed by atoms with Gasteiger partial charge in [0.25, 0.3) is 0 Å². The SMILES string of the molecule is CC(CC(C)(C)CO)c1ccc(C#N)cc1. The van der Waals surface area contributed by atoms with Crippen molar-refractivity contribution in [3.8, 4) is 6.07 Å². The molecule has 0 heterocycles. The molecule has 1 rings (SSSR count). The highest BCUT2D eigenvalue weighted by Gasteiger charge is 2.20. The van der Waals surface area contributed by atoms with Crippen molar-refractivity contribution in [2.24, 2.45) is 5.41 Å². The quantitative estimate of drug-likeness (QED) is 0.842. The second kappa shape index (κ2) is 5.14. The summed E-state index contributed by atoms with van der Waals surface area (Å²) in [6.07, 6.45) is 0.940. The van der Waals surface area contributed by atoms with E-state index in [1.165, 1.54) is 5.56 Å². The molecule has 0 aliphatic rings. The van der Waals surface area contributed by atoms with Gasteiger partial charge in [0.1, 0.15) is 0 Å². The molecule has 86 valence electrons. The largest absolute Gasteiger partial charge is 0.396 e. The highest BCUT2D eigenvalue weighted by atomic mass is 16.3. The first-order valence-electron chi connectivity index (χ1n) is 5.59. The molecule has 1 N–H and O–H groups in total. The van der Waals surface area contributed by atoms with Gasteiger partial charge in [-0.2, -0.15) is 5.26 Å². The number of benzene rings is 1. The molecule has 0 bridgehead atoms. The number of hydrogen-bond donors (Lipinski definition) is 1. The molecule has 0 spiro atoms. The van der Waals surface area contributed by atoms with Crippen LogP contribution in [-0.2, 0) is 0 Å². The van der Waals surface area contributed by atoms with Gasteiger partial charge in [-0.3, -0.25) is 0 Å². The Morgan fingerprint density at radius 1 is 1.31 bits per heavy atom. The zero-order valence-corrected chi connectivity index (χ0v) is 10.2. The number of nitriles is 1. The molecular formula is C14H19NO. The van der Waals surface area contributed by atoms with Crippen molar-refractivity contribution in [2.75, 3.05) is 6.61 Å². The fourth-order valence-electron chi connectivity index (χ4n) is 1.90. The van der Waals surface area contributed by atoms with Crippen LogP contribution < -0.4 is 0 Å². The van der Waals surface area contributed by atoms with E-state index in [2.05, 4.69) is 26.8 Å². The second-order valence-corrected chi connectivity index (χ2v) is 5.16. The molecule has 0 fully saturated rings. The Bertz CT molecular complexity index is 373. The number of nitrogens with zero attached hydrogens (tertiary/aromatic N) is 1. The van der Waals surface area contributed by atoms with E-state index in [9.17, 15) is 5.11 Å². The summed E-state index contributed by atoms with van der Waals surface area (Å²) in [6.45, 7) is 6.48. The van der Waals surface area contributed by atoms with Crippen LogP contribution in [0, 0.1) is 16.7 Å². The lowest BCUT2D eigenvalue weighted by atomic mass is 9.81. The van der Waals surface area contributed by atoms with Crippen molar-refractivity contribution in [1.82, 2.24) is 0 Å². The van der Waals surface area contributed by atoms with Crippen LogP contribution in [0.4, 0.5) is 0 Å². The third-order valence-corrected chi connectivity index (χ3v) is 2.90. The lowest BCUT2D eigenvalue weighted by Crippen LogP contribution is -2.19. The molecule has 0 aliphatic carbocycles. The fraction of sp³-hybridized carbons (Fsp3) is 0.500. The molecule has 0 radical (unpaired) electrons. The van der Waals surface area contributed by atoms with Crippen LogP contribution in [0.2, 0.25) is 0 Å². The van der Waals surface area contributed by atoms with Crippen LogP contribution in [0.15, 0.2) is 24.3 Å². The molecule has 2 nitrogen and oxygen atoms in total. The summed E-state index contributed by atoms with van der Waals surface area (Å²) in [7, 11) is 0. The molecular weight excluding hydrogens is 198 g/mol. The Morgan fingerprint density at radius 2 is 1.88 bits per heavy atom. The van der Waals surface area contributed by atoms with E-state index in [0.717, 1.165) is 6.42 Å². The molecule has 1 atom stereocenters. The van der Waals surface area contributed by atoms with Crippen molar-refractivity contribution in [3.63, 3.8) is 0 Å². The van der Waals surface area contributed by atoms with Crippen LogP contribution in [0.25, 0.3) is 0 Å². The topological polar surface area (TPSA) is 44.0 Å². The Labute approximate surface area is 97.5 Å². The van der Waals surface area contributed by atoms with Crippen LogP contribution in [0.1, 0.15) is 44.2 Å². The van der Waals surface area contributed by atoms with Crippen molar-refractivity contribution < 1.29 is 5.11 Å². The molecule has 0 aromatic heterocycles. The molecule has 0 aliphatic heterocycles. The van der Waals surface area contributed by atoms with E-state index in [1.807, 2.05) is 24.3 Å². The van der Waals surface area contributed by atoms with Gasteiger partial charge in [-0.15, -0.1) is 0 Å². The fourth-order valence-corrected chi connectivity index (χ4v) is 1.90. The van der Waals surface area contributed by atoms with Gasteiger partial charge in [-0.05, 0) is 35.4 Å². The molecule has 1 aromatic carbocycles. The number of rotatable bonds is 4. The molecule has 0 saturated heterocycles. The number of hydrogen-bond acceptors (Lipinski definition) is 2. The van der Waals surface area contributed by atoms with Gasteiger partial charge < -0.3 is 5.11 Å². The van der Waals surface area contributed by atoms with Crippen molar-refractivity contribution in [2.45, 2.75) is 33.1 Å². The highest BCUT2D eigenvalue weighted by molar-refractivity contribution is 5.32. The summed E-state index contributed by atoms with van der Waals surface area (Å²) < 4.78 is 0. The standard InChI is InChI=1S/C14H19NO/c1-11(8-14(2,3)10-16)13-6-4-12(9-15)5-7-13/h4-7,11,16H,8,10H2,1-3H3. The maximum atomic E-state index is 9.23. The summed E-state index contributed by atoms with van der Waals surface area (Å²) >= 11 is 0. The van der Waals surface area contributed by atoms with E-state index in [4.69, 9.17) is 5.26 Å². The predicted molar refractivity (Wildman–Crippen MR) is 65.1 cm³/mol. The summed E-state index contributed by atoms with van der Waals surface area (Å²) in [4.78, 5) is 0. The average molecular weight is 217 g/mol. The Balaban J connectivity index is 2.74. The summed E-state index contributed by atoms with van der Waals surface area (Å²) in [5, 5.41) is 17.9. The zero-order chi connectivity index (χ0) is 12.2. The maximum Gasteiger partial charge on any atom is 0.0991 e. The van der Waals surface area contributed by atoms with Gasteiger partial charge in [0.2, 0.25) is 0 Å². The van der Waals surface area contributed by atoms with Gasteiger partial charge in [0.05, 0.1) is 11.6 Å². The summed E-state index contributed by atoms with van der Waals surface area (Å²) in [6, 6.07) is 9.80. The van der Waals surface area contributed by atoms with E-state index >= 15 is 0 Å². The zero-order valence-electron chi connectivity index (χ0n) is 10.2. The average Bonchev–Trinajstić information content (AvgIpc) is 2.28. The molecule has 1 aromatic rings. The Hall–Kier alpha value is -1.33. The first-order chi connectivity index (χ1) is 7.48. The molecule has 2 heteroatoms. The van der Waals surface area contributed by atoms with E-state index in [-0.39, 0.29) is 12.0 Å². The van der Waals surface area contributed by atoms with Crippen LogP contribution in [0.5, 0.6) is 0 Å². The Kier molecular flexibility index (Phi) is 4.09. The van der Waals surface area contributed by atoms with Crippen molar-refractivity contribution >= 4 is 0 Å². The minimum Gasteiger partial charge on any atom is -0.396 e. The van der Waals surface area contributed by atoms with Gasteiger partial charge in [-0.1, -0.05) is 32.9 Å². The van der Waals surface area contributed by atoms with Gasteiger partial charge in [0.15, 0.2) is 0 Å². The Morgan fingerprint density at radius 3 is 2.31 bits per heavy atom. The monoisotopic (exact) mass is 217 g/mol. The van der Waals surface area contributed by atoms with Gasteiger partial charge >= 0.3 is 0 Å². The number of aliphatic hydroxyl groups excluding tert-OH is 1. The minimum atomic E-state index is -0.0483. The highest BCUT2D eigenvalue weighted by Crippen LogP contribution is 2.30. The van der Waals surface area contributed by atoms with Crippen LogP contribution in [-0.4, -0.2) is 11.7 Å². The van der Waals surface area contributed by atoms with Crippen molar-refractivity contribution in [3.05, 3.63) is 35.4 Å². The third-order valence-electron chi connectivity index (χ3n) is 2.90. The second-order valence-electron chi connectivity index (χ2n) is 5.16. The lowest BCUT2D eigenvalue weighted by molar-refractivity contribution is 0.143. The summed E-state index contributed by atoms with van der Waals surface area (Å²) in [5.41, 5.74) is 1.87. The lowest BCUT2D eigenvalue weighted by Gasteiger charge is -2.25. The van der Waals surface area contributed by atoms with Gasteiger partial charge in [0, 0.05) is 6.61 Å². The van der Waals surface area contributed by atoms with Gasteiger partial charge in [-0.25, -0.2) is 0 Å². The maximum absolute atomic E-state index is 9.23. The van der Waals surface area contributed by atoms with E-state index < -0.39 is 0 Å².